The predicted octanol–water partition coefficient (Wildman–Crippen LogP) is 3.88. The fourth-order valence-electron chi connectivity index (χ4n) is 2.76. The number of nitrogens with zero attached hydrogens (tertiary/aromatic N) is 3. The van der Waals surface area contributed by atoms with Crippen LogP contribution in [-0.4, -0.2) is 34.1 Å². The lowest BCUT2D eigenvalue weighted by molar-refractivity contribution is 0.102. The van der Waals surface area contributed by atoms with Gasteiger partial charge in [-0.25, -0.2) is 4.68 Å². The molecule has 154 valence electrons. The Balaban J connectivity index is 0.00000300. The molecule has 29 heavy (non-hydrogen) atoms. The zero-order chi connectivity index (χ0) is 19.9. The van der Waals surface area contributed by atoms with Crippen molar-refractivity contribution in [3.8, 4) is 11.4 Å². The van der Waals surface area contributed by atoms with Gasteiger partial charge in [0.25, 0.3) is 5.91 Å². The van der Waals surface area contributed by atoms with Crippen LogP contribution < -0.4 is 15.8 Å². The third-order valence-electron chi connectivity index (χ3n) is 4.02. The number of nitrogens with one attached hydrogen (secondary N) is 1. The number of ether oxygens (including phenoxy) is 1. The van der Waals surface area contributed by atoms with Gasteiger partial charge < -0.3 is 15.8 Å². The van der Waals surface area contributed by atoms with E-state index in [1.165, 1.54) is 0 Å². The highest BCUT2D eigenvalue weighted by molar-refractivity contribution is 6.30. The predicted molar refractivity (Wildman–Crippen MR) is 117 cm³/mol. The van der Waals surface area contributed by atoms with Crippen LogP contribution in [0.15, 0.2) is 48.5 Å². The van der Waals surface area contributed by atoms with Crippen LogP contribution in [0.5, 0.6) is 5.75 Å². The van der Waals surface area contributed by atoms with Crippen molar-refractivity contribution in [3.63, 3.8) is 0 Å². The summed E-state index contributed by atoms with van der Waals surface area (Å²) in [5.74, 6) is 0.384. The van der Waals surface area contributed by atoms with Crippen molar-refractivity contribution in [2.45, 2.75) is 19.8 Å². The van der Waals surface area contributed by atoms with E-state index in [2.05, 4.69) is 15.6 Å². The quantitative estimate of drug-likeness (QED) is 0.559. The van der Waals surface area contributed by atoms with Crippen LogP contribution >= 0.6 is 24.0 Å². The zero-order valence-electron chi connectivity index (χ0n) is 16.0. The minimum absolute atomic E-state index is 0. The van der Waals surface area contributed by atoms with Crippen molar-refractivity contribution >= 4 is 35.6 Å². The molecular formula is C20H23Cl2N5O2. The first-order valence-electron chi connectivity index (χ1n) is 9.07. The first-order valence-corrected chi connectivity index (χ1v) is 9.45. The highest BCUT2D eigenvalue weighted by Crippen LogP contribution is 2.20. The van der Waals surface area contributed by atoms with E-state index in [0.717, 1.165) is 17.8 Å². The minimum Gasteiger partial charge on any atom is -0.492 e. The van der Waals surface area contributed by atoms with Crippen LogP contribution in [0.4, 0.5) is 5.69 Å². The molecule has 3 aromatic rings. The number of amides is 1. The van der Waals surface area contributed by atoms with E-state index in [9.17, 15) is 4.79 Å². The molecule has 0 atom stereocenters. The zero-order valence-corrected chi connectivity index (χ0v) is 17.5. The molecular weight excluding hydrogens is 413 g/mol. The maximum Gasteiger partial charge on any atom is 0.278 e. The van der Waals surface area contributed by atoms with E-state index in [4.69, 9.17) is 22.1 Å². The van der Waals surface area contributed by atoms with E-state index >= 15 is 0 Å². The number of anilines is 1. The largest absolute Gasteiger partial charge is 0.492 e. The van der Waals surface area contributed by atoms with E-state index < -0.39 is 0 Å². The summed E-state index contributed by atoms with van der Waals surface area (Å²) in [6.07, 6.45) is 1.51. The Morgan fingerprint density at radius 3 is 2.66 bits per heavy atom. The lowest BCUT2D eigenvalue weighted by Gasteiger charge is -2.09. The Kier molecular flexibility index (Phi) is 8.45. The second-order valence-electron chi connectivity index (χ2n) is 6.14. The molecule has 7 nitrogen and oxygen atoms in total. The SMILES string of the molecule is CCCc1c(C(=O)Nc2ccc(OCCN)cc2)nnn1-c1cccc(Cl)c1.Cl. The Bertz CT molecular complexity index is 944. The van der Waals surface area contributed by atoms with Gasteiger partial charge in [-0.15, -0.1) is 17.5 Å². The molecule has 1 aromatic heterocycles. The summed E-state index contributed by atoms with van der Waals surface area (Å²) in [4.78, 5) is 12.8. The second kappa shape index (κ2) is 10.8. The Hall–Kier alpha value is -2.61. The molecule has 0 unspecified atom stereocenters. The van der Waals surface area contributed by atoms with Gasteiger partial charge in [0, 0.05) is 17.3 Å². The van der Waals surface area contributed by atoms with Crippen molar-refractivity contribution in [2.75, 3.05) is 18.5 Å². The van der Waals surface area contributed by atoms with E-state index in [-0.39, 0.29) is 18.3 Å². The molecule has 2 aromatic carbocycles. The van der Waals surface area contributed by atoms with Crippen molar-refractivity contribution in [1.29, 1.82) is 0 Å². The van der Waals surface area contributed by atoms with Crippen LogP contribution in [0.1, 0.15) is 29.5 Å². The van der Waals surface area contributed by atoms with E-state index in [0.29, 0.717) is 41.7 Å². The molecule has 0 bridgehead atoms. The van der Waals surface area contributed by atoms with Crippen LogP contribution in [0.3, 0.4) is 0 Å². The van der Waals surface area contributed by atoms with Crippen LogP contribution in [-0.2, 0) is 6.42 Å². The summed E-state index contributed by atoms with van der Waals surface area (Å²) in [5.41, 5.74) is 7.87. The molecule has 3 rings (SSSR count). The average molecular weight is 436 g/mol. The minimum atomic E-state index is -0.313. The second-order valence-corrected chi connectivity index (χ2v) is 6.58. The summed E-state index contributed by atoms with van der Waals surface area (Å²) in [7, 11) is 0. The fourth-order valence-corrected chi connectivity index (χ4v) is 2.94. The number of carbonyl (C=O) groups is 1. The number of hydrogen-bond donors (Lipinski definition) is 2. The van der Waals surface area contributed by atoms with Gasteiger partial charge in [0.15, 0.2) is 5.69 Å². The molecule has 9 heteroatoms. The highest BCUT2D eigenvalue weighted by atomic mass is 35.5. The molecule has 3 N–H and O–H groups in total. The number of benzene rings is 2. The van der Waals surface area contributed by atoms with Crippen LogP contribution in [0.2, 0.25) is 5.02 Å². The smallest absolute Gasteiger partial charge is 0.278 e. The van der Waals surface area contributed by atoms with Gasteiger partial charge in [-0.3, -0.25) is 4.79 Å². The lowest BCUT2D eigenvalue weighted by Crippen LogP contribution is -2.15. The van der Waals surface area contributed by atoms with Gasteiger partial charge >= 0.3 is 0 Å². The molecule has 1 amide bonds. The van der Waals surface area contributed by atoms with Crippen LogP contribution in [0, 0.1) is 0 Å². The van der Waals surface area contributed by atoms with Gasteiger partial charge in [-0.1, -0.05) is 36.2 Å². The monoisotopic (exact) mass is 435 g/mol. The Labute approximate surface area is 180 Å². The van der Waals surface area contributed by atoms with Crippen molar-refractivity contribution < 1.29 is 9.53 Å². The fraction of sp³-hybridized carbons (Fsp3) is 0.250. The topological polar surface area (TPSA) is 95.1 Å². The molecule has 0 spiro atoms. The molecule has 0 aliphatic heterocycles. The van der Waals surface area contributed by atoms with Crippen molar-refractivity contribution in [3.05, 3.63) is 64.9 Å². The van der Waals surface area contributed by atoms with Gasteiger partial charge in [0.1, 0.15) is 12.4 Å². The lowest BCUT2D eigenvalue weighted by atomic mass is 10.2. The molecule has 0 fully saturated rings. The summed E-state index contributed by atoms with van der Waals surface area (Å²) in [6.45, 7) is 2.93. The Morgan fingerprint density at radius 1 is 1.24 bits per heavy atom. The number of hydrogen-bond acceptors (Lipinski definition) is 5. The summed E-state index contributed by atoms with van der Waals surface area (Å²) < 4.78 is 7.10. The normalized spacial score (nSPS) is 10.3. The average Bonchev–Trinajstić information content (AvgIpc) is 3.11. The molecule has 0 saturated carbocycles. The van der Waals surface area contributed by atoms with Crippen LogP contribution in [0.25, 0.3) is 5.69 Å². The first-order chi connectivity index (χ1) is 13.6. The molecule has 0 radical (unpaired) electrons. The molecule has 1 heterocycles. The Morgan fingerprint density at radius 2 is 2.00 bits per heavy atom. The standard InChI is InChI=1S/C20H22ClN5O2.ClH/c1-2-4-18-19(24-25-26(18)16-6-3-5-14(21)13-16)20(27)23-15-7-9-17(10-8-15)28-12-11-22;/h3,5-10,13H,2,4,11-12,22H2,1H3,(H,23,27);1H. The summed E-state index contributed by atoms with van der Waals surface area (Å²) in [6, 6.07) is 14.4. The number of rotatable bonds is 8. The molecule has 0 aliphatic carbocycles. The van der Waals surface area contributed by atoms with Gasteiger partial charge in [-0.05, 0) is 48.9 Å². The van der Waals surface area contributed by atoms with Crippen molar-refractivity contribution in [2.24, 2.45) is 5.73 Å². The van der Waals surface area contributed by atoms with E-state index in [1.54, 1.807) is 41.1 Å². The molecule has 0 aliphatic rings. The third kappa shape index (κ3) is 5.69. The van der Waals surface area contributed by atoms with E-state index in [1.807, 2.05) is 19.1 Å². The van der Waals surface area contributed by atoms with Gasteiger partial charge in [-0.2, -0.15) is 0 Å². The number of aromatic nitrogens is 3. The highest BCUT2D eigenvalue weighted by Gasteiger charge is 2.20. The van der Waals surface area contributed by atoms with Gasteiger partial charge in [0.05, 0.1) is 11.4 Å². The maximum absolute atomic E-state index is 12.8. The first kappa shape index (κ1) is 22.7. The molecule has 0 saturated heterocycles. The number of nitrogens with two attached hydrogens (primary N) is 1. The summed E-state index contributed by atoms with van der Waals surface area (Å²) >= 11 is 6.09. The number of halogens is 2. The van der Waals surface area contributed by atoms with Gasteiger partial charge in [0.2, 0.25) is 0 Å². The number of carbonyl (C=O) groups excluding carboxylic acids is 1. The maximum atomic E-state index is 12.8. The third-order valence-corrected chi connectivity index (χ3v) is 4.25. The summed E-state index contributed by atoms with van der Waals surface area (Å²) in [5, 5.41) is 11.7. The van der Waals surface area contributed by atoms with Crippen molar-refractivity contribution in [1.82, 2.24) is 15.0 Å².